The van der Waals surface area contributed by atoms with Crippen molar-refractivity contribution in [2.75, 3.05) is 19.6 Å². The Morgan fingerprint density at radius 1 is 0.917 bits per heavy atom. The molecule has 1 aromatic heterocycles. The Kier molecular flexibility index (Phi) is 9.46. The SMILES string of the molecule is CCCCCCCCNC(=O)c1c(C)n(Cc2ccccc2)c2ccc(O)c(CN3CCCCC3)c12. The van der Waals surface area contributed by atoms with Gasteiger partial charge in [-0.25, -0.2) is 0 Å². The van der Waals surface area contributed by atoms with Crippen LogP contribution in [0.15, 0.2) is 42.5 Å². The highest BCUT2D eigenvalue weighted by Crippen LogP contribution is 2.36. The van der Waals surface area contributed by atoms with Crippen LogP contribution in [0.3, 0.4) is 0 Å². The van der Waals surface area contributed by atoms with Crippen molar-refractivity contribution in [1.29, 1.82) is 0 Å². The number of likely N-dealkylation sites (tertiary alicyclic amines) is 1. The molecule has 1 saturated heterocycles. The number of aromatic nitrogens is 1. The summed E-state index contributed by atoms with van der Waals surface area (Å²) in [6.07, 6.45) is 10.8. The van der Waals surface area contributed by atoms with Crippen LogP contribution >= 0.6 is 0 Å². The van der Waals surface area contributed by atoms with E-state index < -0.39 is 0 Å². The third kappa shape index (κ3) is 6.31. The zero-order valence-corrected chi connectivity index (χ0v) is 22.2. The van der Waals surface area contributed by atoms with Crippen molar-refractivity contribution in [3.8, 4) is 5.75 Å². The summed E-state index contributed by atoms with van der Waals surface area (Å²) >= 11 is 0. The molecule has 3 aromatic rings. The van der Waals surface area contributed by atoms with Gasteiger partial charge in [0.1, 0.15) is 5.75 Å². The number of fused-ring (bicyclic) bond motifs is 1. The molecule has 0 unspecified atom stereocenters. The van der Waals surface area contributed by atoms with Crippen LogP contribution in [0.4, 0.5) is 0 Å². The Balaban J connectivity index is 1.65. The molecule has 1 amide bonds. The zero-order valence-electron chi connectivity index (χ0n) is 22.2. The minimum atomic E-state index is -0.0247. The molecule has 1 aliphatic heterocycles. The lowest BCUT2D eigenvalue weighted by atomic mass is 10.0. The lowest BCUT2D eigenvalue weighted by molar-refractivity contribution is 0.0953. The number of hydrogen-bond donors (Lipinski definition) is 2. The van der Waals surface area contributed by atoms with E-state index in [2.05, 4.69) is 46.0 Å². The smallest absolute Gasteiger partial charge is 0.253 e. The number of rotatable bonds is 12. The summed E-state index contributed by atoms with van der Waals surface area (Å²) in [5.74, 6) is 0.262. The maximum Gasteiger partial charge on any atom is 0.253 e. The standard InChI is InChI=1S/C31H43N3O2/c1-3-4-5-6-7-12-19-32-31(36)29-24(2)34(22-25-15-10-8-11-16-25)27-17-18-28(35)26(30(27)29)23-33-20-13-9-14-21-33/h8,10-11,15-18,35H,3-7,9,12-14,19-23H2,1-2H3,(H,32,36). The maximum atomic E-state index is 13.6. The number of piperidine rings is 1. The number of amides is 1. The second kappa shape index (κ2) is 13.0. The van der Waals surface area contributed by atoms with Crippen molar-refractivity contribution in [2.24, 2.45) is 0 Å². The van der Waals surface area contributed by atoms with E-state index in [1.54, 1.807) is 6.07 Å². The van der Waals surface area contributed by atoms with Crippen molar-refractivity contribution in [1.82, 2.24) is 14.8 Å². The van der Waals surface area contributed by atoms with Crippen LogP contribution in [-0.2, 0) is 13.1 Å². The number of nitrogens with zero attached hydrogens (tertiary/aromatic N) is 2. The molecular formula is C31H43N3O2. The van der Waals surface area contributed by atoms with Crippen LogP contribution in [0, 0.1) is 6.92 Å². The molecule has 2 N–H and O–H groups in total. The van der Waals surface area contributed by atoms with Crippen molar-refractivity contribution in [2.45, 2.75) is 84.7 Å². The van der Waals surface area contributed by atoms with E-state index in [0.717, 1.165) is 53.7 Å². The number of benzene rings is 2. The average Bonchev–Trinajstić information content (AvgIpc) is 3.17. The Labute approximate surface area is 216 Å². The van der Waals surface area contributed by atoms with Gasteiger partial charge in [0.05, 0.1) is 5.56 Å². The molecular weight excluding hydrogens is 446 g/mol. The van der Waals surface area contributed by atoms with Gasteiger partial charge in [0.15, 0.2) is 0 Å². The molecule has 0 spiro atoms. The van der Waals surface area contributed by atoms with Gasteiger partial charge in [-0.2, -0.15) is 0 Å². The van der Waals surface area contributed by atoms with Gasteiger partial charge in [0.2, 0.25) is 0 Å². The van der Waals surface area contributed by atoms with Crippen molar-refractivity contribution < 1.29 is 9.90 Å². The van der Waals surface area contributed by atoms with Gasteiger partial charge >= 0.3 is 0 Å². The summed E-state index contributed by atoms with van der Waals surface area (Å²) in [7, 11) is 0. The molecule has 0 atom stereocenters. The second-order valence-electron chi connectivity index (χ2n) is 10.3. The van der Waals surface area contributed by atoms with Gasteiger partial charge in [-0.3, -0.25) is 9.69 Å². The zero-order chi connectivity index (χ0) is 25.3. The van der Waals surface area contributed by atoms with E-state index in [0.29, 0.717) is 19.6 Å². The number of unbranched alkanes of at least 4 members (excludes halogenated alkanes) is 5. The molecule has 5 nitrogen and oxygen atoms in total. The number of nitrogens with one attached hydrogen (secondary N) is 1. The fraction of sp³-hybridized carbons (Fsp3) is 0.516. The Hall–Kier alpha value is -2.79. The van der Waals surface area contributed by atoms with E-state index in [9.17, 15) is 9.90 Å². The van der Waals surface area contributed by atoms with Crippen LogP contribution < -0.4 is 5.32 Å². The van der Waals surface area contributed by atoms with Gasteiger partial charge in [-0.15, -0.1) is 0 Å². The number of phenolic OH excluding ortho intramolecular Hbond substituents is 1. The van der Waals surface area contributed by atoms with Crippen molar-refractivity contribution in [3.05, 3.63) is 64.8 Å². The first kappa shape index (κ1) is 26.3. The molecule has 0 saturated carbocycles. The molecule has 0 aliphatic carbocycles. The molecule has 5 heteroatoms. The summed E-state index contributed by atoms with van der Waals surface area (Å²) in [5.41, 5.74) is 4.77. The summed E-state index contributed by atoms with van der Waals surface area (Å²) in [5, 5.41) is 15.1. The first-order chi connectivity index (χ1) is 17.6. The van der Waals surface area contributed by atoms with E-state index in [-0.39, 0.29) is 11.7 Å². The van der Waals surface area contributed by atoms with Crippen LogP contribution in [0.2, 0.25) is 0 Å². The van der Waals surface area contributed by atoms with Gasteiger partial charge in [0.25, 0.3) is 5.91 Å². The molecule has 0 radical (unpaired) electrons. The van der Waals surface area contributed by atoms with E-state index in [4.69, 9.17) is 0 Å². The van der Waals surface area contributed by atoms with Crippen LogP contribution in [0.1, 0.15) is 91.9 Å². The predicted octanol–water partition coefficient (Wildman–Crippen LogP) is 6.78. The van der Waals surface area contributed by atoms with Gasteiger partial charge < -0.3 is 15.0 Å². The lowest BCUT2D eigenvalue weighted by Gasteiger charge is -2.27. The summed E-state index contributed by atoms with van der Waals surface area (Å²) in [4.78, 5) is 16.0. The summed E-state index contributed by atoms with van der Waals surface area (Å²) < 4.78 is 2.24. The predicted molar refractivity (Wildman–Crippen MR) is 149 cm³/mol. The van der Waals surface area contributed by atoms with Gasteiger partial charge in [-0.1, -0.05) is 75.8 Å². The first-order valence-electron chi connectivity index (χ1n) is 14.0. The highest BCUT2D eigenvalue weighted by atomic mass is 16.3. The minimum Gasteiger partial charge on any atom is -0.508 e. The third-order valence-electron chi connectivity index (χ3n) is 7.63. The Bertz CT molecular complexity index is 1130. The number of carbonyl (C=O) groups excluding carboxylic acids is 1. The van der Waals surface area contributed by atoms with Crippen LogP contribution in [0.5, 0.6) is 5.75 Å². The Morgan fingerprint density at radius 3 is 2.39 bits per heavy atom. The normalized spacial score (nSPS) is 14.4. The quantitative estimate of drug-likeness (QED) is 0.276. The lowest BCUT2D eigenvalue weighted by Crippen LogP contribution is -2.29. The molecule has 2 heterocycles. The van der Waals surface area contributed by atoms with E-state index in [1.807, 2.05) is 19.1 Å². The third-order valence-corrected chi connectivity index (χ3v) is 7.63. The fourth-order valence-corrected chi connectivity index (χ4v) is 5.57. The molecule has 194 valence electrons. The highest BCUT2D eigenvalue weighted by molar-refractivity contribution is 6.10. The summed E-state index contributed by atoms with van der Waals surface area (Å²) in [6.45, 7) is 8.42. The van der Waals surface area contributed by atoms with E-state index >= 15 is 0 Å². The molecule has 1 fully saturated rings. The van der Waals surface area contributed by atoms with Crippen molar-refractivity contribution >= 4 is 16.8 Å². The second-order valence-corrected chi connectivity index (χ2v) is 10.3. The van der Waals surface area contributed by atoms with E-state index in [1.165, 1.54) is 50.5 Å². The topological polar surface area (TPSA) is 57.5 Å². The monoisotopic (exact) mass is 489 g/mol. The number of phenols is 1. The molecule has 0 bridgehead atoms. The van der Waals surface area contributed by atoms with Gasteiger partial charge in [-0.05, 0) is 57.0 Å². The van der Waals surface area contributed by atoms with Gasteiger partial charge in [0, 0.05) is 41.8 Å². The minimum absolute atomic E-state index is 0.0247. The number of hydrogen-bond acceptors (Lipinski definition) is 3. The number of carbonyl (C=O) groups is 1. The molecule has 36 heavy (non-hydrogen) atoms. The first-order valence-corrected chi connectivity index (χ1v) is 14.0. The number of aromatic hydroxyl groups is 1. The Morgan fingerprint density at radius 2 is 1.64 bits per heavy atom. The highest BCUT2D eigenvalue weighted by Gasteiger charge is 2.25. The largest absolute Gasteiger partial charge is 0.508 e. The molecule has 1 aliphatic rings. The average molecular weight is 490 g/mol. The molecule has 2 aromatic carbocycles. The fourth-order valence-electron chi connectivity index (χ4n) is 5.57. The maximum absolute atomic E-state index is 13.6. The van der Waals surface area contributed by atoms with Crippen molar-refractivity contribution in [3.63, 3.8) is 0 Å². The van der Waals surface area contributed by atoms with Crippen LogP contribution in [-0.4, -0.2) is 40.1 Å². The molecule has 4 rings (SSSR count). The van der Waals surface area contributed by atoms with Crippen LogP contribution in [0.25, 0.3) is 10.9 Å². The summed E-state index contributed by atoms with van der Waals surface area (Å²) in [6, 6.07) is 14.2.